The third kappa shape index (κ3) is 7.84. The van der Waals surface area contributed by atoms with E-state index in [0.29, 0.717) is 36.5 Å². The van der Waals surface area contributed by atoms with Crippen LogP contribution in [0, 0.1) is 0 Å². The summed E-state index contributed by atoms with van der Waals surface area (Å²) in [6, 6.07) is 15.9. The Labute approximate surface area is 262 Å². The molecule has 0 radical (unpaired) electrons. The Kier molecular flexibility index (Phi) is 10.4. The Morgan fingerprint density at radius 3 is 2.09 bits per heavy atom. The quantitative estimate of drug-likeness (QED) is 0.271. The minimum atomic E-state index is -4.50. The first kappa shape index (κ1) is 32.5. The lowest BCUT2D eigenvalue weighted by Gasteiger charge is -2.35. The highest BCUT2D eigenvalue weighted by atomic mass is 35.5. The summed E-state index contributed by atoms with van der Waals surface area (Å²) in [5.74, 6) is -4.85. The molecule has 1 atom stereocenters. The van der Waals surface area contributed by atoms with Crippen molar-refractivity contribution in [1.29, 1.82) is 0 Å². The average molecular weight is 646 g/mol. The number of carbonyl (C=O) groups excluding carboxylic acids is 1. The molecule has 0 aromatic heterocycles. The zero-order chi connectivity index (χ0) is 31.3. The van der Waals surface area contributed by atoms with Crippen molar-refractivity contribution in [3.8, 4) is 11.1 Å². The van der Waals surface area contributed by atoms with Gasteiger partial charge in [0.2, 0.25) is 15.9 Å². The number of halogens is 3. The van der Waals surface area contributed by atoms with Crippen LogP contribution in [0.3, 0.4) is 0 Å². The van der Waals surface area contributed by atoms with E-state index in [1.165, 1.54) is 54.1 Å². The third-order valence-corrected chi connectivity index (χ3v) is 10.2. The van der Waals surface area contributed by atoms with Crippen molar-refractivity contribution in [2.45, 2.75) is 74.0 Å². The van der Waals surface area contributed by atoms with Crippen LogP contribution in [0.5, 0.6) is 0 Å². The van der Waals surface area contributed by atoms with Crippen LogP contribution in [0.25, 0.3) is 11.1 Å². The molecule has 1 saturated carbocycles. The molecule has 7 nitrogen and oxygen atoms in total. The molecule has 1 heterocycles. The zero-order valence-corrected chi connectivity index (χ0v) is 26.0. The van der Waals surface area contributed by atoms with Crippen molar-refractivity contribution < 1.29 is 26.7 Å². The monoisotopic (exact) mass is 645 g/mol. The van der Waals surface area contributed by atoms with E-state index in [9.17, 15) is 13.2 Å². The summed E-state index contributed by atoms with van der Waals surface area (Å²) in [5, 5.41) is 0.548. The molecule has 2 fully saturated rings. The van der Waals surface area contributed by atoms with Gasteiger partial charge in [0.25, 0.3) is 5.92 Å². The van der Waals surface area contributed by atoms with Crippen molar-refractivity contribution in [3.05, 3.63) is 88.9 Å². The Morgan fingerprint density at radius 2 is 1.50 bits per heavy atom. The molecular weight excluding hydrogens is 608 g/mol. The number of hydrogen-bond donors (Lipinski definition) is 2. The van der Waals surface area contributed by atoms with Crippen LogP contribution < -0.4 is 10.5 Å². The lowest BCUT2D eigenvalue weighted by molar-refractivity contribution is -0.145. The molecule has 3 N–H and O–H groups in total. The van der Waals surface area contributed by atoms with Gasteiger partial charge in [0.15, 0.2) is 6.04 Å². The molecule has 2 aliphatic rings. The van der Waals surface area contributed by atoms with Crippen LogP contribution in [0.1, 0.15) is 49.7 Å². The molecule has 3 aromatic rings. The summed E-state index contributed by atoms with van der Waals surface area (Å²) in [6.07, 6.45) is 6.23. The molecule has 0 bridgehead atoms. The maximum atomic E-state index is 16.2. The van der Waals surface area contributed by atoms with Crippen LogP contribution in [0.4, 0.5) is 8.78 Å². The van der Waals surface area contributed by atoms with Crippen LogP contribution in [-0.4, -0.2) is 57.1 Å². The van der Waals surface area contributed by atoms with Crippen LogP contribution in [0.2, 0.25) is 5.02 Å². The highest BCUT2D eigenvalue weighted by molar-refractivity contribution is 7.89. The first-order valence-corrected chi connectivity index (χ1v) is 16.9. The van der Waals surface area contributed by atoms with Gasteiger partial charge < -0.3 is 15.4 Å². The summed E-state index contributed by atoms with van der Waals surface area (Å²) in [6.45, 7) is 0.858. The predicted molar refractivity (Wildman–Crippen MR) is 167 cm³/mol. The number of nitrogens with zero attached hydrogens (tertiary/aromatic N) is 1. The molecule has 44 heavy (non-hydrogen) atoms. The first-order chi connectivity index (χ1) is 21.0. The van der Waals surface area contributed by atoms with Gasteiger partial charge in [-0.25, -0.2) is 8.42 Å². The fraction of sp³-hybridized carbons (Fsp3) is 0.424. The lowest BCUT2D eigenvalue weighted by atomic mass is 9.96. The van der Waals surface area contributed by atoms with Crippen LogP contribution >= 0.6 is 11.6 Å². The summed E-state index contributed by atoms with van der Waals surface area (Å²) >= 11 is 5.96. The average Bonchev–Trinajstić information content (AvgIpc) is 3.54. The Hall–Kier alpha value is -2.89. The van der Waals surface area contributed by atoms with E-state index >= 15 is 8.78 Å². The molecule has 1 aliphatic carbocycles. The van der Waals surface area contributed by atoms with Crippen molar-refractivity contribution in [3.63, 3.8) is 0 Å². The Balaban J connectivity index is 1.36. The summed E-state index contributed by atoms with van der Waals surface area (Å²) in [5.41, 5.74) is 7.79. The highest BCUT2D eigenvalue weighted by Gasteiger charge is 2.50. The molecule has 1 amide bonds. The standard InChI is InChI=1S/C33H38ClF2N3O4S/c34-27-13-9-25(10-14-27)24-7-11-26(12-8-24)33(35,36)31(32(40)39-20-17-28(37)18-21-39)38-44(41,42)30-15-5-23(6-16-30)19-22-43-29-3-1-2-4-29/h5-16,28-29,31,38H,1-4,17-22,37H2. The van der Waals surface area contributed by atoms with Gasteiger partial charge in [0.1, 0.15) is 0 Å². The van der Waals surface area contributed by atoms with Gasteiger partial charge in [0, 0.05) is 29.7 Å². The fourth-order valence-electron chi connectivity index (χ4n) is 5.73. The topological polar surface area (TPSA) is 102 Å². The van der Waals surface area contributed by atoms with Crippen LogP contribution in [-0.2, 0) is 31.9 Å². The first-order valence-electron chi connectivity index (χ1n) is 15.0. The third-order valence-electron chi connectivity index (χ3n) is 8.46. The summed E-state index contributed by atoms with van der Waals surface area (Å²) < 4.78 is 67.3. The molecule has 1 unspecified atom stereocenters. The predicted octanol–water partition coefficient (Wildman–Crippen LogP) is 5.90. The van der Waals surface area contributed by atoms with Crippen molar-refractivity contribution in [2.24, 2.45) is 5.73 Å². The second-order valence-corrected chi connectivity index (χ2v) is 13.7. The lowest BCUT2D eigenvalue weighted by Crippen LogP contribution is -2.57. The number of ether oxygens (including phenoxy) is 1. The normalized spacial score (nSPS) is 17.6. The Bertz CT molecular complexity index is 1510. The van der Waals surface area contributed by atoms with Gasteiger partial charge in [-0.15, -0.1) is 0 Å². The molecule has 3 aromatic carbocycles. The number of piperidine rings is 1. The van der Waals surface area contributed by atoms with Gasteiger partial charge in [-0.2, -0.15) is 13.5 Å². The van der Waals surface area contributed by atoms with Gasteiger partial charge in [0.05, 0.1) is 17.6 Å². The van der Waals surface area contributed by atoms with E-state index in [-0.39, 0.29) is 30.1 Å². The zero-order valence-electron chi connectivity index (χ0n) is 24.4. The number of sulfonamides is 1. The maximum absolute atomic E-state index is 16.2. The van der Waals surface area contributed by atoms with Crippen molar-refractivity contribution in [1.82, 2.24) is 9.62 Å². The number of benzene rings is 3. The van der Waals surface area contributed by atoms with Gasteiger partial charge in [-0.1, -0.05) is 73.0 Å². The van der Waals surface area contributed by atoms with E-state index < -0.39 is 33.5 Å². The highest BCUT2D eigenvalue weighted by Crippen LogP contribution is 2.36. The number of hydrogen-bond acceptors (Lipinski definition) is 5. The van der Waals surface area contributed by atoms with E-state index in [4.69, 9.17) is 22.1 Å². The summed E-state index contributed by atoms with van der Waals surface area (Å²) in [7, 11) is -4.50. The molecular formula is C33H38ClF2N3O4S. The minimum Gasteiger partial charge on any atom is -0.378 e. The van der Waals surface area contributed by atoms with Gasteiger partial charge in [-0.05, 0) is 73.1 Å². The van der Waals surface area contributed by atoms with E-state index in [1.54, 1.807) is 36.4 Å². The number of carbonyl (C=O) groups is 1. The SMILES string of the molecule is NC1CCN(C(=O)C(NS(=O)(=O)c2ccc(CCOC3CCCC3)cc2)C(F)(F)c2ccc(-c3ccc(Cl)cc3)cc2)CC1. The molecule has 236 valence electrons. The molecule has 1 aliphatic heterocycles. The fourth-order valence-corrected chi connectivity index (χ4v) is 7.05. The van der Waals surface area contributed by atoms with Gasteiger partial charge in [-0.3, -0.25) is 4.79 Å². The van der Waals surface area contributed by atoms with E-state index in [0.717, 1.165) is 24.0 Å². The number of rotatable bonds is 11. The minimum absolute atomic E-state index is 0.141. The number of likely N-dealkylation sites (tertiary alicyclic amines) is 1. The van der Waals surface area contributed by atoms with Gasteiger partial charge >= 0.3 is 0 Å². The number of amides is 1. The number of nitrogens with two attached hydrogens (primary N) is 1. The number of alkyl halides is 2. The maximum Gasteiger partial charge on any atom is 0.298 e. The Morgan fingerprint density at radius 1 is 0.932 bits per heavy atom. The van der Waals surface area contributed by atoms with Crippen molar-refractivity contribution in [2.75, 3.05) is 19.7 Å². The molecule has 11 heteroatoms. The van der Waals surface area contributed by atoms with Crippen molar-refractivity contribution >= 4 is 27.5 Å². The largest absolute Gasteiger partial charge is 0.378 e. The van der Waals surface area contributed by atoms with Crippen LogP contribution in [0.15, 0.2) is 77.7 Å². The van der Waals surface area contributed by atoms with E-state index in [1.807, 2.05) is 0 Å². The molecule has 0 spiro atoms. The molecule has 1 saturated heterocycles. The number of nitrogens with one attached hydrogen (secondary N) is 1. The second kappa shape index (κ2) is 14.0. The molecule has 5 rings (SSSR count). The summed E-state index contributed by atoms with van der Waals surface area (Å²) in [4.78, 5) is 14.6. The smallest absolute Gasteiger partial charge is 0.298 e. The van der Waals surface area contributed by atoms with E-state index in [2.05, 4.69) is 4.72 Å². The second-order valence-electron chi connectivity index (χ2n) is 11.6.